The van der Waals surface area contributed by atoms with Gasteiger partial charge >= 0.3 is 11.6 Å². The van der Waals surface area contributed by atoms with Gasteiger partial charge < -0.3 is 93.4 Å². The van der Waals surface area contributed by atoms with E-state index in [0.29, 0.717) is 32.1 Å². The molecule has 0 aromatic carbocycles. The van der Waals surface area contributed by atoms with E-state index in [1.807, 2.05) is 13.8 Å². The molecule has 24 atom stereocenters. The second-order valence-corrected chi connectivity index (χ2v) is 20.3. The van der Waals surface area contributed by atoms with Gasteiger partial charge in [-0.3, -0.25) is 4.79 Å². The molecule has 66 heavy (non-hydrogen) atoms. The van der Waals surface area contributed by atoms with Crippen LogP contribution in [0.25, 0.3) is 0 Å². The lowest BCUT2D eigenvalue weighted by Gasteiger charge is -2.68. The van der Waals surface area contributed by atoms with Gasteiger partial charge in [0.05, 0.1) is 37.3 Å². The number of fused-ring (bicyclic) bond motifs is 5. The Morgan fingerprint density at radius 2 is 1.36 bits per heavy atom. The van der Waals surface area contributed by atoms with E-state index >= 15 is 0 Å². The normalized spacial score (nSPS) is 51.6. The van der Waals surface area contributed by atoms with Gasteiger partial charge in [-0.15, -0.1) is 0 Å². The number of rotatable bonds is 11. The zero-order valence-corrected chi connectivity index (χ0v) is 37.8. The summed E-state index contributed by atoms with van der Waals surface area (Å²) in [4.78, 5) is 24.5. The Morgan fingerprint density at radius 3 is 1.92 bits per heavy atom. The van der Waals surface area contributed by atoms with Crippen molar-refractivity contribution >= 4 is 5.97 Å². The Kier molecular flexibility index (Phi) is 14.3. The molecule has 4 aliphatic carbocycles. The molecule has 374 valence electrons. The molecule has 4 heterocycles. The standard InChI is InChI=1S/C45H68O21/c1-19-30(50)38(58-5)35(55)41(60-19)66-37-27(17-47)64-40(34(54)32(37)52)65-36-26(16-46)63-39(33(53)31(36)51)62-22-8-11-42(3)24(14-22)25(61-20(2)48)15-44(56)28(42)10-12-43(4)23(9-13-45(43,44)57)21-6-7-29(49)59-18-21/h6-7,18-19,22-28,30-41,46-47,50-57H,8-17H2,1-5H3/t19-,22+,23-,24+,25+,26-,27-,28+,30-,31-,32-,33-,34-,35-,36+,37+,38-,39-,40+,41-,42+,43+,44-,45-/m0/s1. The van der Waals surface area contributed by atoms with E-state index < -0.39 is 157 Å². The topological polar surface area (TPSA) is 323 Å². The molecule has 7 aliphatic rings. The maximum Gasteiger partial charge on any atom is 0.335 e. The summed E-state index contributed by atoms with van der Waals surface area (Å²) in [5, 5.41) is 113. The lowest BCUT2D eigenvalue weighted by molar-refractivity contribution is -0.381. The number of esters is 1. The fourth-order valence-electron chi connectivity index (χ4n) is 13.4. The summed E-state index contributed by atoms with van der Waals surface area (Å²) in [5.74, 6) is -1.54. The highest BCUT2D eigenvalue weighted by Gasteiger charge is 2.76. The molecule has 3 saturated heterocycles. The van der Waals surface area contributed by atoms with Gasteiger partial charge in [0.15, 0.2) is 18.9 Å². The van der Waals surface area contributed by atoms with Gasteiger partial charge in [-0.1, -0.05) is 13.8 Å². The second kappa shape index (κ2) is 18.8. The summed E-state index contributed by atoms with van der Waals surface area (Å²) in [6.07, 6.45) is -19.7. The molecule has 1 aromatic heterocycles. The monoisotopic (exact) mass is 944 g/mol. The summed E-state index contributed by atoms with van der Waals surface area (Å²) in [6.45, 7) is 5.27. The highest BCUT2D eigenvalue weighted by molar-refractivity contribution is 5.66. The van der Waals surface area contributed by atoms with Crippen molar-refractivity contribution in [3.05, 3.63) is 34.4 Å². The molecule has 0 unspecified atom stereocenters. The van der Waals surface area contributed by atoms with Gasteiger partial charge in [-0.25, -0.2) is 4.79 Å². The third-order valence-electron chi connectivity index (χ3n) is 16.9. The summed E-state index contributed by atoms with van der Waals surface area (Å²) in [7, 11) is 1.27. The Morgan fingerprint density at radius 1 is 0.758 bits per heavy atom. The van der Waals surface area contributed by atoms with Crippen molar-refractivity contribution in [3.8, 4) is 0 Å². The zero-order valence-electron chi connectivity index (χ0n) is 37.8. The van der Waals surface area contributed by atoms with Crippen LogP contribution in [-0.4, -0.2) is 193 Å². The van der Waals surface area contributed by atoms with Crippen LogP contribution >= 0.6 is 0 Å². The van der Waals surface area contributed by atoms with Crippen molar-refractivity contribution in [2.24, 2.45) is 22.7 Å². The van der Waals surface area contributed by atoms with E-state index in [-0.39, 0.29) is 31.1 Å². The van der Waals surface area contributed by atoms with E-state index in [0.717, 1.165) is 5.56 Å². The number of carbonyl (C=O) groups is 1. The van der Waals surface area contributed by atoms with Crippen molar-refractivity contribution in [2.75, 3.05) is 20.3 Å². The Hall–Kier alpha value is -2.26. The highest BCUT2D eigenvalue weighted by atomic mass is 16.8. The van der Waals surface area contributed by atoms with Gasteiger partial charge in [-0.05, 0) is 80.8 Å². The maximum absolute atomic E-state index is 13.0. The van der Waals surface area contributed by atoms with E-state index in [1.165, 1.54) is 33.3 Å². The molecular weight excluding hydrogens is 876 g/mol. The van der Waals surface area contributed by atoms with Gasteiger partial charge in [0.25, 0.3) is 0 Å². The highest BCUT2D eigenvalue weighted by Crippen LogP contribution is 2.72. The first-order valence-electron chi connectivity index (χ1n) is 23.1. The molecule has 0 bridgehead atoms. The minimum atomic E-state index is -1.91. The minimum Gasteiger partial charge on any atom is -0.462 e. The van der Waals surface area contributed by atoms with E-state index in [1.54, 1.807) is 6.07 Å². The summed E-state index contributed by atoms with van der Waals surface area (Å²) >= 11 is 0. The minimum absolute atomic E-state index is 0.0402. The SMILES string of the molecule is CO[C@@H]1[C@H](O)[C@H](O[C@H]2[C@@H](O)[C@H](O)[C@@H](O[C@H]3[C@@H](O)[C@H](O)[C@@H](O[C@@H]4CC[C@]5(C)[C@H](C4)[C@H](OC(C)=O)C[C@]4(O)[C@@H]5CC[C@]5(C)[C@H](c6ccc(=O)oc6)CC[C@]54O)O[C@H]3CO)O[C@H]2CO)O[C@@H](C)[C@@H]1O. The van der Waals surface area contributed by atoms with Gasteiger partial charge in [-0.2, -0.15) is 0 Å². The second-order valence-electron chi connectivity index (χ2n) is 20.3. The van der Waals surface area contributed by atoms with Crippen LogP contribution in [0.5, 0.6) is 0 Å². The van der Waals surface area contributed by atoms with Crippen LogP contribution in [0.4, 0.5) is 0 Å². The van der Waals surface area contributed by atoms with Crippen molar-refractivity contribution < 1.29 is 98.2 Å². The number of ether oxygens (including phenoxy) is 8. The van der Waals surface area contributed by atoms with Crippen LogP contribution in [0.15, 0.2) is 27.6 Å². The third-order valence-corrected chi connectivity index (χ3v) is 16.9. The van der Waals surface area contributed by atoms with Crippen LogP contribution in [0.2, 0.25) is 0 Å². The smallest absolute Gasteiger partial charge is 0.335 e. The van der Waals surface area contributed by atoms with Crippen LogP contribution in [0.3, 0.4) is 0 Å². The molecule has 10 N–H and O–H groups in total. The number of hydrogen-bond acceptors (Lipinski definition) is 21. The van der Waals surface area contributed by atoms with E-state index in [2.05, 4.69) is 0 Å². The van der Waals surface area contributed by atoms with Crippen molar-refractivity contribution in [2.45, 2.75) is 201 Å². The van der Waals surface area contributed by atoms with Crippen LogP contribution in [0.1, 0.15) is 90.5 Å². The van der Waals surface area contributed by atoms with Crippen molar-refractivity contribution in [1.29, 1.82) is 0 Å². The average Bonchev–Trinajstić information content (AvgIpc) is 3.56. The molecule has 0 spiro atoms. The third kappa shape index (κ3) is 8.19. The Balaban J connectivity index is 0.940. The fraction of sp³-hybridized carbons (Fsp3) is 0.867. The Labute approximate surface area is 381 Å². The predicted molar refractivity (Wildman–Crippen MR) is 221 cm³/mol. The summed E-state index contributed by atoms with van der Waals surface area (Å²) < 4.78 is 51.8. The fourth-order valence-corrected chi connectivity index (χ4v) is 13.4. The van der Waals surface area contributed by atoms with E-state index in [9.17, 15) is 60.7 Å². The number of aliphatic hydroxyl groups excluding tert-OH is 8. The van der Waals surface area contributed by atoms with Gasteiger partial charge in [0, 0.05) is 37.9 Å². The molecule has 7 fully saturated rings. The van der Waals surface area contributed by atoms with Crippen LogP contribution in [0, 0.1) is 22.7 Å². The first kappa shape index (κ1) is 50.1. The number of carbonyl (C=O) groups excluding carboxylic acids is 1. The molecule has 3 aliphatic heterocycles. The molecular formula is C45H68O21. The molecule has 8 rings (SSSR count). The lowest BCUT2D eigenvalue weighted by atomic mass is 9.40. The van der Waals surface area contributed by atoms with Gasteiger partial charge in [0.1, 0.15) is 78.8 Å². The van der Waals surface area contributed by atoms with E-state index in [4.69, 9.17) is 42.3 Å². The van der Waals surface area contributed by atoms with Gasteiger partial charge in [0.2, 0.25) is 0 Å². The first-order chi connectivity index (χ1) is 31.2. The van der Waals surface area contributed by atoms with Crippen LogP contribution < -0.4 is 5.63 Å². The van der Waals surface area contributed by atoms with Crippen molar-refractivity contribution in [1.82, 2.24) is 0 Å². The molecule has 0 amide bonds. The average molecular weight is 945 g/mol. The number of methoxy groups -OCH3 is 1. The molecule has 0 radical (unpaired) electrons. The molecule has 21 nitrogen and oxygen atoms in total. The summed E-state index contributed by atoms with van der Waals surface area (Å²) in [5.41, 5.74) is -4.40. The lowest BCUT2D eigenvalue weighted by Crippen LogP contribution is -2.75. The molecule has 4 saturated carbocycles. The first-order valence-corrected chi connectivity index (χ1v) is 23.1. The molecule has 1 aromatic rings. The zero-order chi connectivity index (χ0) is 47.8. The largest absolute Gasteiger partial charge is 0.462 e. The quantitative estimate of drug-likeness (QED) is 0.0852. The predicted octanol–water partition coefficient (Wildman–Crippen LogP) is -1.95. The van der Waals surface area contributed by atoms with Crippen LogP contribution in [-0.2, 0) is 42.7 Å². The number of aliphatic hydroxyl groups is 10. The number of hydrogen-bond donors (Lipinski definition) is 10. The summed E-state index contributed by atoms with van der Waals surface area (Å²) in [6, 6.07) is 3.06. The van der Waals surface area contributed by atoms with Crippen molar-refractivity contribution in [3.63, 3.8) is 0 Å². The Bertz CT molecular complexity index is 1900. The molecule has 21 heteroatoms. The maximum atomic E-state index is 13.0.